The number of rotatable bonds is 4. The van der Waals surface area contributed by atoms with E-state index in [1.54, 1.807) is 6.92 Å². The lowest BCUT2D eigenvalue weighted by Gasteiger charge is -2.12. The highest BCUT2D eigenvalue weighted by atomic mass is 19.1. The summed E-state index contributed by atoms with van der Waals surface area (Å²) in [7, 11) is 0. The number of nitrogens with zero attached hydrogens (tertiary/aromatic N) is 1. The van der Waals surface area contributed by atoms with E-state index in [0.717, 1.165) is 6.07 Å². The van der Waals surface area contributed by atoms with E-state index in [0.29, 0.717) is 6.42 Å². The summed E-state index contributed by atoms with van der Waals surface area (Å²) in [6, 6.07) is 0.936. The van der Waals surface area contributed by atoms with Crippen LogP contribution >= 0.6 is 0 Å². The van der Waals surface area contributed by atoms with Crippen molar-refractivity contribution in [2.24, 2.45) is 0 Å². The molecule has 0 saturated carbocycles. The first kappa shape index (κ1) is 12.0. The second kappa shape index (κ2) is 5.12. The highest BCUT2D eigenvalue weighted by molar-refractivity contribution is 5.88. The van der Waals surface area contributed by atoms with E-state index in [-0.39, 0.29) is 11.9 Å². The van der Waals surface area contributed by atoms with Crippen molar-refractivity contribution in [1.82, 2.24) is 4.98 Å². The lowest BCUT2D eigenvalue weighted by molar-refractivity contribution is 0.0692. The van der Waals surface area contributed by atoms with E-state index in [9.17, 15) is 9.18 Å². The Kier molecular flexibility index (Phi) is 3.84. The number of pyridine rings is 1. The largest absolute Gasteiger partial charge is 0.478 e. The van der Waals surface area contributed by atoms with Gasteiger partial charge in [-0.15, -0.1) is 12.3 Å². The second-order valence-electron chi connectivity index (χ2n) is 3.28. The molecule has 0 fully saturated rings. The third-order valence-electron chi connectivity index (χ3n) is 1.93. The number of carbonyl (C=O) groups is 1. The second-order valence-corrected chi connectivity index (χ2v) is 3.28. The van der Waals surface area contributed by atoms with Gasteiger partial charge in [0.1, 0.15) is 5.56 Å². The van der Waals surface area contributed by atoms with E-state index in [4.69, 9.17) is 11.5 Å². The molecule has 16 heavy (non-hydrogen) atoms. The standard InChI is InChI=1S/C11H11FN2O2/c1-3-4-7(2)14-10-9(12)8(11(15)16)5-6-13-10/h1,5-7H,4H2,2H3,(H,13,14)(H,15,16). The number of hydrogen-bond acceptors (Lipinski definition) is 3. The van der Waals surface area contributed by atoms with Crippen molar-refractivity contribution in [3.05, 3.63) is 23.6 Å². The lowest BCUT2D eigenvalue weighted by atomic mass is 10.2. The highest BCUT2D eigenvalue weighted by Gasteiger charge is 2.15. The molecule has 0 aliphatic heterocycles. The minimum atomic E-state index is -1.33. The molecule has 1 atom stereocenters. The van der Waals surface area contributed by atoms with E-state index in [1.165, 1.54) is 6.20 Å². The Labute approximate surface area is 92.5 Å². The number of carboxylic acids is 1. The molecule has 1 heterocycles. The number of aromatic nitrogens is 1. The van der Waals surface area contributed by atoms with Crippen LogP contribution in [0.25, 0.3) is 0 Å². The predicted molar refractivity (Wildman–Crippen MR) is 57.7 cm³/mol. The first-order valence-electron chi connectivity index (χ1n) is 4.64. The topological polar surface area (TPSA) is 62.2 Å². The molecule has 0 aliphatic carbocycles. The first-order chi connectivity index (χ1) is 7.56. The van der Waals surface area contributed by atoms with Gasteiger partial charge in [0.05, 0.1) is 0 Å². The normalized spacial score (nSPS) is 11.6. The Balaban J connectivity index is 2.94. The van der Waals surface area contributed by atoms with Crippen molar-refractivity contribution in [3.8, 4) is 12.3 Å². The quantitative estimate of drug-likeness (QED) is 0.762. The maximum Gasteiger partial charge on any atom is 0.338 e. The number of nitrogens with one attached hydrogen (secondary N) is 1. The average Bonchev–Trinajstić information content (AvgIpc) is 2.21. The molecule has 0 amide bonds. The minimum absolute atomic E-state index is 0.0948. The Morgan fingerprint density at radius 2 is 2.50 bits per heavy atom. The van der Waals surface area contributed by atoms with Gasteiger partial charge in [0, 0.05) is 18.7 Å². The van der Waals surface area contributed by atoms with E-state index < -0.39 is 17.3 Å². The van der Waals surface area contributed by atoms with Crippen molar-refractivity contribution in [1.29, 1.82) is 0 Å². The van der Waals surface area contributed by atoms with Crippen LogP contribution in [0, 0.1) is 18.2 Å². The minimum Gasteiger partial charge on any atom is -0.478 e. The summed E-state index contributed by atoms with van der Waals surface area (Å²) in [5, 5.41) is 11.4. The number of aromatic carboxylic acids is 1. The molecule has 5 heteroatoms. The zero-order chi connectivity index (χ0) is 12.1. The molecule has 2 N–H and O–H groups in total. The van der Waals surface area contributed by atoms with Crippen LogP contribution in [0.1, 0.15) is 23.7 Å². The molecular weight excluding hydrogens is 211 g/mol. The SMILES string of the molecule is C#CCC(C)Nc1nccc(C(=O)O)c1F. The number of terminal acetylenes is 1. The van der Waals surface area contributed by atoms with Gasteiger partial charge in [-0.1, -0.05) is 0 Å². The fraction of sp³-hybridized carbons (Fsp3) is 0.273. The monoisotopic (exact) mass is 222 g/mol. The van der Waals surface area contributed by atoms with Gasteiger partial charge in [0.25, 0.3) is 0 Å². The third-order valence-corrected chi connectivity index (χ3v) is 1.93. The van der Waals surface area contributed by atoms with Crippen LogP contribution in [0.2, 0.25) is 0 Å². The zero-order valence-corrected chi connectivity index (χ0v) is 8.70. The number of anilines is 1. The predicted octanol–water partition coefficient (Wildman–Crippen LogP) is 1.74. The van der Waals surface area contributed by atoms with Gasteiger partial charge in [-0.25, -0.2) is 14.2 Å². The van der Waals surface area contributed by atoms with Crippen LogP contribution in [-0.2, 0) is 0 Å². The van der Waals surface area contributed by atoms with Gasteiger partial charge in [0.15, 0.2) is 11.6 Å². The molecule has 1 aromatic heterocycles. The molecule has 0 spiro atoms. The van der Waals surface area contributed by atoms with Crippen LogP contribution in [0.4, 0.5) is 10.2 Å². The summed E-state index contributed by atoms with van der Waals surface area (Å²) in [5.41, 5.74) is -0.412. The van der Waals surface area contributed by atoms with Crippen LogP contribution in [0.3, 0.4) is 0 Å². The molecule has 0 aliphatic rings. The van der Waals surface area contributed by atoms with Gasteiger partial charge < -0.3 is 10.4 Å². The summed E-state index contributed by atoms with van der Waals surface area (Å²) >= 11 is 0. The van der Waals surface area contributed by atoms with Crippen molar-refractivity contribution in [3.63, 3.8) is 0 Å². The fourth-order valence-corrected chi connectivity index (χ4v) is 1.17. The summed E-state index contributed by atoms with van der Waals surface area (Å²) in [4.78, 5) is 14.4. The summed E-state index contributed by atoms with van der Waals surface area (Å²) in [5.74, 6) is 0.118. The summed E-state index contributed by atoms with van der Waals surface area (Å²) in [6.45, 7) is 1.76. The Bertz CT molecular complexity index is 440. The Morgan fingerprint density at radius 3 is 3.06 bits per heavy atom. The van der Waals surface area contributed by atoms with E-state index in [2.05, 4.69) is 16.2 Å². The Morgan fingerprint density at radius 1 is 1.81 bits per heavy atom. The highest BCUT2D eigenvalue weighted by Crippen LogP contribution is 2.16. The average molecular weight is 222 g/mol. The molecule has 0 aromatic carbocycles. The first-order valence-corrected chi connectivity index (χ1v) is 4.64. The van der Waals surface area contributed by atoms with Crippen LogP contribution in [0.5, 0.6) is 0 Å². The maximum atomic E-state index is 13.6. The molecule has 0 saturated heterocycles. The van der Waals surface area contributed by atoms with Gasteiger partial charge in [-0.2, -0.15) is 0 Å². The van der Waals surface area contributed by atoms with Gasteiger partial charge in [0.2, 0.25) is 0 Å². The van der Waals surface area contributed by atoms with Crippen molar-refractivity contribution in [2.75, 3.05) is 5.32 Å². The molecule has 4 nitrogen and oxygen atoms in total. The molecule has 1 rings (SSSR count). The van der Waals surface area contributed by atoms with Gasteiger partial charge in [-0.05, 0) is 13.0 Å². The molecule has 1 aromatic rings. The Hall–Kier alpha value is -2.09. The smallest absolute Gasteiger partial charge is 0.338 e. The van der Waals surface area contributed by atoms with Gasteiger partial charge in [-0.3, -0.25) is 0 Å². The van der Waals surface area contributed by atoms with Crippen molar-refractivity contribution >= 4 is 11.8 Å². The third kappa shape index (κ3) is 2.70. The molecule has 1 unspecified atom stereocenters. The molecule has 84 valence electrons. The fourth-order valence-electron chi connectivity index (χ4n) is 1.17. The zero-order valence-electron chi connectivity index (χ0n) is 8.70. The number of hydrogen-bond donors (Lipinski definition) is 2. The van der Waals surface area contributed by atoms with E-state index >= 15 is 0 Å². The summed E-state index contributed by atoms with van der Waals surface area (Å²) < 4.78 is 13.6. The van der Waals surface area contributed by atoms with Gasteiger partial charge >= 0.3 is 5.97 Å². The number of halogens is 1. The number of carboxylic acid groups (broad SMARTS) is 1. The van der Waals surface area contributed by atoms with Crippen LogP contribution in [0.15, 0.2) is 12.3 Å². The van der Waals surface area contributed by atoms with Crippen LogP contribution in [-0.4, -0.2) is 22.1 Å². The summed E-state index contributed by atoms with van der Waals surface area (Å²) in [6.07, 6.45) is 6.74. The van der Waals surface area contributed by atoms with E-state index in [1.807, 2.05) is 0 Å². The van der Waals surface area contributed by atoms with Crippen LogP contribution < -0.4 is 5.32 Å². The molecular formula is C11H11FN2O2. The molecule has 0 radical (unpaired) electrons. The maximum absolute atomic E-state index is 13.6. The lowest BCUT2D eigenvalue weighted by Crippen LogP contribution is -2.17. The van der Waals surface area contributed by atoms with Crippen molar-refractivity contribution < 1.29 is 14.3 Å². The molecule has 0 bridgehead atoms. The van der Waals surface area contributed by atoms with Crippen molar-refractivity contribution in [2.45, 2.75) is 19.4 Å².